The van der Waals surface area contributed by atoms with Gasteiger partial charge in [-0.15, -0.1) is 0 Å². The molecular weight excluding hydrogens is 254 g/mol. The fourth-order valence-electron chi connectivity index (χ4n) is 1.67. The lowest BCUT2D eigenvalue weighted by molar-refractivity contribution is -0.386. The Hall–Kier alpha value is -1.83. The summed E-state index contributed by atoms with van der Waals surface area (Å²) in [4.78, 5) is 21.4. The molecule has 2 atom stereocenters. The van der Waals surface area contributed by atoms with Gasteiger partial charge in [0, 0.05) is 18.2 Å². The van der Waals surface area contributed by atoms with Gasteiger partial charge in [0.05, 0.1) is 16.6 Å². The number of aliphatic hydroxyl groups is 3. The van der Waals surface area contributed by atoms with E-state index in [0.717, 1.165) is 6.07 Å². The lowest BCUT2D eigenvalue weighted by atomic mass is 9.98. The number of nitro benzene ring substituents is 1. The Morgan fingerprint density at radius 1 is 1.42 bits per heavy atom. The molecule has 0 aliphatic rings. The second-order valence-electron chi connectivity index (χ2n) is 4.11. The molecule has 2 unspecified atom stereocenters. The molecule has 7 nitrogen and oxygen atoms in total. The molecule has 0 saturated heterocycles. The Morgan fingerprint density at radius 2 is 2.05 bits per heavy atom. The summed E-state index contributed by atoms with van der Waals surface area (Å²) in [6.45, 7) is 0.924. The van der Waals surface area contributed by atoms with Crippen LogP contribution in [-0.2, 0) is 0 Å². The van der Waals surface area contributed by atoms with Gasteiger partial charge in [0.1, 0.15) is 6.10 Å². The molecule has 0 amide bonds. The van der Waals surface area contributed by atoms with Crippen molar-refractivity contribution in [2.75, 3.05) is 6.61 Å². The maximum Gasteiger partial charge on any atom is 0.276 e. The van der Waals surface area contributed by atoms with Crippen LogP contribution in [0, 0.1) is 10.1 Å². The van der Waals surface area contributed by atoms with Crippen LogP contribution in [0.3, 0.4) is 0 Å². The van der Waals surface area contributed by atoms with Crippen LogP contribution in [0.5, 0.6) is 0 Å². The van der Waals surface area contributed by atoms with Crippen molar-refractivity contribution in [3.05, 3.63) is 39.4 Å². The molecule has 0 aliphatic heterocycles. The smallest absolute Gasteiger partial charge is 0.276 e. The number of carbonyl (C=O) groups excluding carboxylic acids is 1. The van der Waals surface area contributed by atoms with E-state index in [-0.39, 0.29) is 29.9 Å². The first-order valence-corrected chi connectivity index (χ1v) is 5.64. The van der Waals surface area contributed by atoms with Crippen molar-refractivity contribution < 1.29 is 25.0 Å². The minimum absolute atomic E-state index is 0.0871. The number of carbonyl (C=O) groups is 1. The first-order chi connectivity index (χ1) is 8.88. The van der Waals surface area contributed by atoms with E-state index >= 15 is 0 Å². The summed E-state index contributed by atoms with van der Waals surface area (Å²) in [6, 6.07) is 3.65. The number of Topliss-reactive ketones (excluding diaryl/α,β-unsaturated/α-hetero) is 1. The van der Waals surface area contributed by atoms with Crippen molar-refractivity contribution in [1.82, 2.24) is 0 Å². The highest BCUT2D eigenvalue weighted by molar-refractivity contribution is 5.94. The summed E-state index contributed by atoms with van der Waals surface area (Å²) in [7, 11) is 0. The number of nitro groups is 1. The summed E-state index contributed by atoms with van der Waals surface area (Å²) in [5, 5.41) is 39.0. The van der Waals surface area contributed by atoms with Crippen molar-refractivity contribution in [3.8, 4) is 0 Å². The van der Waals surface area contributed by atoms with E-state index in [1.165, 1.54) is 19.1 Å². The number of ketones is 1. The second kappa shape index (κ2) is 6.37. The maximum atomic E-state index is 11.2. The molecule has 1 aromatic carbocycles. The Labute approximate surface area is 109 Å². The normalized spacial score (nSPS) is 13.9. The monoisotopic (exact) mass is 269 g/mol. The van der Waals surface area contributed by atoms with Gasteiger partial charge in [0.25, 0.3) is 5.69 Å². The predicted molar refractivity (Wildman–Crippen MR) is 65.8 cm³/mol. The fraction of sp³-hybridized carbons (Fsp3) is 0.417. The number of hydrogen-bond acceptors (Lipinski definition) is 6. The third-order valence-electron chi connectivity index (χ3n) is 2.74. The molecule has 7 heteroatoms. The lowest BCUT2D eigenvalue weighted by Crippen LogP contribution is -2.20. The summed E-state index contributed by atoms with van der Waals surface area (Å²) >= 11 is 0. The Kier molecular flexibility index (Phi) is 5.11. The van der Waals surface area contributed by atoms with Crippen LogP contribution in [-0.4, -0.2) is 38.7 Å². The zero-order chi connectivity index (χ0) is 14.6. The number of hydrogen-bond donors (Lipinski definition) is 3. The highest BCUT2D eigenvalue weighted by Crippen LogP contribution is 2.29. The van der Waals surface area contributed by atoms with Gasteiger partial charge >= 0.3 is 0 Å². The van der Waals surface area contributed by atoms with Crippen LogP contribution in [0.25, 0.3) is 0 Å². The van der Waals surface area contributed by atoms with Crippen molar-refractivity contribution in [2.24, 2.45) is 0 Å². The molecule has 19 heavy (non-hydrogen) atoms. The minimum atomic E-state index is -1.49. The van der Waals surface area contributed by atoms with E-state index in [2.05, 4.69) is 0 Å². The van der Waals surface area contributed by atoms with Crippen molar-refractivity contribution in [2.45, 2.75) is 25.6 Å². The Bertz CT molecular complexity index is 487. The quantitative estimate of drug-likeness (QED) is 0.394. The summed E-state index contributed by atoms with van der Waals surface area (Å²) in [5.41, 5.74) is -0.368. The van der Waals surface area contributed by atoms with Gasteiger partial charge in [0.15, 0.2) is 5.78 Å². The maximum absolute atomic E-state index is 11.2. The van der Waals surface area contributed by atoms with Gasteiger partial charge in [-0.1, -0.05) is 6.07 Å². The van der Waals surface area contributed by atoms with E-state index in [9.17, 15) is 25.1 Å². The highest BCUT2D eigenvalue weighted by atomic mass is 16.6. The topological polar surface area (TPSA) is 121 Å². The second-order valence-corrected chi connectivity index (χ2v) is 4.11. The standard InChI is InChI=1S/C12H15NO6/c1-7(15)8-2-3-9(10(6-8)13(18)19)12(17)11(16)4-5-14/h2-3,6,11-12,14,16-17H,4-5H2,1H3. The molecule has 0 spiro atoms. The first kappa shape index (κ1) is 15.2. The fourth-order valence-corrected chi connectivity index (χ4v) is 1.67. The number of aliphatic hydroxyl groups excluding tert-OH is 3. The molecule has 0 bridgehead atoms. The SMILES string of the molecule is CC(=O)c1ccc(C(O)C(O)CCO)c([N+](=O)[O-])c1. The summed E-state index contributed by atoms with van der Waals surface area (Å²) in [6.07, 6.45) is -2.91. The van der Waals surface area contributed by atoms with Crippen LogP contribution in [0.1, 0.15) is 35.4 Å². The van der Waals surface area contributed by atoms with Crippen LogP contribution < -0.4 is 0 Å². The molecule has 0 radical (unpaired) electrons. The molecule has 3 N–H and O–H groups in total. The van der Waals surface area contributed by atoms with Crippen LogP contribution in [0.15, 0.2) is 18.2 Å². The van der Waals surface area contributed by atoms with Gasteiger partial charge in [-0.2, -0.15) is 0 Å². The van der Waals surface area contributed by atoms with E-state index in [1.807, 2.05) is 0 Å². The molecule has 0 saturated carbocycles. The average Bonchev–Trinajstić information content (AvgIpc) is 2.37. The lowest BCUT2D eigenvalue weighted by Gasteiger charge is -2.17. The molecule has 0 heterocycles. The zero-order valence-electron chi connectivity index (χ0n) is 10.3. The van der Waals surface area contributed by atoms with Gasteiger partial charge < -0.3 is 15.3 Å². The van der Waals surface area contributed by atoms with Crippen LogP contribution >= 0.6 is 0 Å². The first-order valence-electron chi connectivity index (χ1n) is 5.64. The summed E-state index contributed by atoms with van der Waals surface area (Å²) in [5.74, 6) is -0.333. The van der Waals surface area contributed by atoms with Crippen LogP contribution in [0.4, 0.5) is 5.69 Å². The highest BCUT2D eigenvalue weighted by Gasteiger charge is 2.26. The Morgan fingerprint density at radius 3 is 2.53 bits per heavy atom. The van der Waals surface area contributed by atoms with Gasteiger partial charge in [-0.25, -0.2) is 0 Å². The number of benzene rings is 1. The van der Waals surface area contributed by atoms with Crippen molar-refractivity contribution >= 4 is 11.5 Å². The molecule has 1 aromatic rings. The minimum Gasteiger partial charge on any atom is -0.396 e. The van der Waals surface area contributed by atoms with Gasteiger partial charge in [0.2, 0.25) is 0 Å². The van der Waals surface area contributed by atoms with Crippen LogP contribution in [0.2, 0.25) is 0 Å². The van der Waals surface area contributed by atoms with Gasteiger partial charge in [-0.05, 0) is 19.4 Å². The average molecular weight is 269 g/mol. The molecule has 1 rings (SSSR count). The van der Waals surface area contributed by atoms with E-state index in [1.54, 1.807) is 0 Å². The van der Waals surface area contributed by atoms with Crippen molar-refractivity contribution in [1.29, 1.82) is 0 Å². The number of nitrogens with zero attached hydrogens (tertiary/aromatic N) is 1. The Balaban J connectivity index is 3.20. The van der Waals surface area contributed by atoms with E-state index < -0.39 is 22.8 Å². The van der Waals surface area contributed by atoms with Gasteiger partial charge in [-0.3, -0.25) is 14.9 Å². The molecule has 0 fully saturated rings. The molecule has 0 aromatic heterocycles. The zero-order valence-corrected chi connectivity index (χ0v) is 10.3. The third-order valence-corrected chi connectivity index (χ3v) is 2.74. The van der Waals surface area contributed by atoms with Crippen molar-refractivity contribution in [3.63, 3.8) is 0 Å². The van der Waals surface area contributed by atoms with E-state index in [4.69, 9.17) is 5.11 Å². The number of rotatable bonds is 6. The third kappa shape index (κ3) is 3.57. The predicted octanol–water partition coefficient (Wildman–Crippen LogP) is 0.574. The molecule has 104 valence electrons. The van der Waals surface area contributed by atoms with E-state index in [0.29, 0.717) is 0 Å². The molecule has 0 aliphatic carbocycles. The summed E-state index contributed by atoms with van der Waals surface area (Å²) < 4.78 is 0. The largest absolute Gasteiger partial charge is 0.396 e. The molecular formula is C12H15NO6.